The fraction of sp³-hybridized carbons (Fsp3) is 0.421. The van der Waals surface area contributed by atoms with Crippen LogP contribution in [0.15, 0.2) is 30.3 Å². The van der Waals surface area contributed by atoms with E-state index < -0.39 is 0 Å². The van der Waals surface area contributed by atoms with Crippen LogP contribution in [-0.2, 0) is 4.79 Å². The first-order valence-corrected chi connectivity index (χ1v) is 9.79. The van der Waals surface area contributed by atoms with Gasteiger partial charge in [0.15, 0.2) is 5.75 Å². The molecule has 4 rings (SSSR count). The molecule has 0 aliphatic carbocycles. The number of aromatic nitrogens is 2. The SMILES string of the molecule is COc1c(Cl)cccc1NC1CC(Nc2ccc(C)nn2)NC2NN(C)C(=O)C12. The van der Waals surface area contributed by atoms with Crippen LogP contribution in [0.2, 0.25) is 5.02 Å². The zero-order valence-electron chi connectivity index (χ0n) is 16.4. The molecule has 1 amide bonds. The molecule has 1 aromatic carbocycles. The lowest BCUT2D eigenvalue weighted by Crippen LogP contribution is -2.60. The highest BCUT2D eigenvalue weighted by molar-refractivity contribution is 6.32. The number of carbonyl (C=O) groups is 1. The largest absolute Gasteiger partial charge is 0.493 e. The van der Waals surface area contributed by atoms with Crippen molar-refractivity contribution in [1.82, 2.24) is 25.9 Å². The van der Waals surface area contributed by atoms with E-state index in [1.807, 2.05) is 31.2 Å². The highest BCUT2D eigenvalue weighted by atomic mass is 35.5. The maximum atomic E-state index is 12.7. The molecule has 2 saturated heterocycles. The molecule has 4 unspecified atom stereocenters. The zero-order chi connectivity index (χ0) is 20.5. The van der Waals surface area contributed by atoms with E-state index >= 15 is 0 Å². The molecular weight excluding hydrogens is 394 g/mol. The molecule has 29 heavy (non-hydrogen) atoms. The van der Waals surface area contributed by atoms with Crippen molar-refractivity contribution in [2.45, 2.75) is 31.7 Å². The Morgan fingerprint density at radius 1 is 1.24 bits per heavy atom. The predicted molar refractivity (Wildman–Crippen MR) is 111 cm³/mol. The Hall–Kier alpha value is -2.62. The minimum absolute atomic E-state index is 0.0228. The monoisotopic (exact) mass is 417 g/mol. The first-order valence-electron chi connectivity index (χ1n) is 9.42. The van der Waals surface area contributed by atoms with Crippen LogP contribution in [0.5, 0.6) is 5.75 Å². The summed E-state index contributed by atoms with van der Waals surface area (Å²) in [6, 6.07) is 9.15. The van der Waals surface area contributed by atoms with Gasteiger partial charge in [0.2, 0.25) is 5.91 Å². The van der Waals surface area contributed by atoms with Gasteiger partial charge in [-0.3, -0.25) is 15.1 Å². The molecule has 0 spiro atoms. The molecule has 0 radical (unpaired) electrons. The Labute approximate surface area is 174 Å². The number of hydrogen-bond donors (Lipinski definition) is 4. The van der Waals surface area contributed by atoms with Crippen LogP contribution in [0, 0.1) is 12.8 Å². The highest BCUT2D eigenvalue weighted by Crippen LogP contribution is 2.36. The number of methoxy groups -OCH3 is 1. The van der Waals surface area contributed by atoms with Gasteiger partial charge >= 0.3 is 0 Å². The number of hydrazine groups is 1. The van der Waals surface area contributed by atoms with Gasteiger partial charge < -0.3 is 15.4 Å². The van der Waals surface area contributed by atoms with E-state index in [0.29, 0.717) is 23.0 Å². The number of anilines is 2. The summed E-state index contributed by atoms with van der Waals surface area (Å²) in [5, 5.41) is 20.6. The molecule has 4 atom stereocenters. The van der Waals surface area contributed by atoms with Crippen molar-refractivity contribution in [3.8, 4) is 5.75 Å². The molecule has 1 aromatic heterocycles. The van der Waals surface area contributed by atoms with Gasteiger partial charge in [-0.2, -0.15) is 5.10 Å². The van der Waals surface area contributed by atoms with Crippen molar-refractivity contribution in [1.29, 1.82) is 0 Å². The molecule has 9 nitrogen and oxygen atoms in total. The Kier molecular flexibility index (Phi) is 5.44. The minimum atomic E-state index is -0.286. The van der Waals surface area contributed by atoms with Crippen molar-refractivity contribution in [3.05, 3.63) is 41.0 Å². The number of piperidine rings is 1. The van der Waals surface area contributed by atoms with Gasteiger partial charge in [-0.05, 0) is 31.2 Å². The molecular formula is C19H24ClN7O2. The van der Waals surface area contributed by atoms with Crippen LogP contribution in [0.1, 0.15) is 12.1 Å². The zero-order valence-corrected chi connectivity index (χ0v) is 17.2. The summed E-state index contributed by atoms with van der Waals surface area (Å²) in [5.74, 6) is 0.966. The lowest BCUT2D eigenvalue weighted by Gasteiger charge is -2.38. The summed E-state index contributed by atoms with van der Waals surface area (Å²) in [7, 11) is 3.31. The smallest absolute Gasteiger partial charge is 0.244 e. The predicted octanol–water partition coefficient (Wildman–Crippen LogP) is 1.58. The molecule has 2 aromatic rings. The number of carbonyl (C=O) groups excluding carboxylic acids is 1. The first kappa shape index (κ1) is 19.7. The van der Waals surface area contributed by atoms with Crippen LogP contribution in [0.3, 0.4) is 0 Å². The second-order valence-corrected chi connectivity index (χ2v) is 7.67. The Morgan fingerprint density at radius 2 is 2.07 bits per heavy atom. The van der Waals surface area contributed by atoms with Crippen LogP contribution in [0.4, 0.5) is 11.5 Å². The Balaban J connectivity index is 1.58. The fourth-order valence-electron chi connectivity index (χ4n) is 3.88. The minimum Gasteiger partial charge on any atom is -0.493 e. The Bertz CT molecular complexity index is 895. The maximum Gasteiger partial charge on any atom is 0.244 e. The molecule has 2 aliphatic heterocycles. The molecule has 2 fully saturated rings. The maximum absolute atomic E-state index is 12.7. The second-order valence-electron chi connectivity index (χ2n) is 7.26. The lowest BCUT2D eigenvalue weighted by atomic mass is 9.88. The van der Waals surface area contributed by atoms with Gasteiger partial charge in [0.25, 0.3) is 0 Å². The van der Waals surface area contributed by atoms with Crippen molar-refractivity contribution >= 4 is 29.0 Å². The van der Waals surface area contributed by atoms with E-state index in [1.54, 1.807) is 20.2 Å². The van der Waals surface area contributed by atoms with Crippen molar-refractivity contribution in [3.63, 3.8) is 0 Å². The van der Waals surface area contributed by atoms with Crippen molar-refractivity contribution in [2.75, 3.05) is 24.8 Å². The van der Waals surface area contributed by atoms with Crippen molar-refractivity contribution < 1.29 is 9.53 Å². The molecule has 3 heterocycles. The standard InChI is InChI=1S/C19H24ClN7O2/c1-10-7-8-14(25-24-10)22-15-9-13(16-18(23-15)26-27(2)19(16)28)21-12-6-4-5-11(20)17(12)29-3/h4-8,13,15-16,18,21,23,26H,9H2,1-3H3,(H,22,25). The van der Waals surface area contributed by atoms with Gasteiger partial charge in [0.1, 0.15) is 5.82 Å². The fourth-order valence-corrected chi connectivity index (χ4v) is 4.13. The lowest BCUT2D eigenvalue weighted by molar-refractivity contribution is -0.131. The molecule has 0 saturated carbocycles. The van der Waals surface area contributed by atoms with Gasteiger partial charge in [-0.1, -0.05) is 17.7 Å². The van der Waals surface area contributed by atoms with E-state index in [9.17, 15) is 4.79 Å². The van der Waals surface area contributed by atoms with E-state index in [-0.39, 0.29) is 30.2 Å². The average molecular weight is 418 g/mol. The number of hydrogen-bond acceptors (Lipinski definition) is 8. The summed E-state index contributed by atoms with van der Waals surface area (Å²) in [6.45, 7) is 1.89. The normalized spacial score (nSPS) is 26.2. The van der Waals surface area contributed by atoms with Gasteiger partial charge in [-0.15, -0.1) is 5.10 Å². The van der Waals surface area contributed by atoms with E-state index in [1.165, 1.54) is 5.01 Å². The topological polar surface area (TPSA) is 103 Å². The summed E-state index contributed by atoms with van der Waals surface area (Å²) in [5.41, 5.74) is 4.79. The number of amides is 1. The molecule has 2 aliphatic rings. The number of aryl methyl sites for hydroxylation is 1. The highest BCUT2D eigenvalue weighted by Gasteiger charge is 2.48. The molecule has 4 N–H and O–H groups in total. The number of nitrogens with one attached hydrogen (secondary N) is 4. The van der Waals surface area contributed by atoms with Crippen molar-refractivity contribution in [2.24, 2.45) is 5.92 Å². The number of nitrogens with zero attached hydrogens (tertiary/aromatic N) is 3. The number of rotatable bonds is 5. The van der Waals surface area contributed by atoms with E-state index in [0.717, 1.165) is 11.4 Å². The summed E-state index contributed by atoms with van der Waals surface area (Å²) < 4.78 is 5.46. The molecule has 0 bridgehead atoms. The summed E-state index contributed by atoms with van der Waals surface area (Å²) in [4.78, 5) is 12.7. The average Bonchev–Trinajstić information content (AvgIpc) is 2.98. The second kappa shape index (κ2) is 8.02. The third-order valence-corrected chi connectivity index (χ3v) is 5.54. The van der Waals surface area contributed by atoms with Crippen LogP contribution >= 0.6 is 11.6 Å². The third kappa shape index (κ3) is 3.93. The number of benzene rings is 1. The van der Waals surface area contributed by atoms with Crippen LogP contribution in [-0.4, -0.2) is 53.6 Å². The van der Waals surface area contributed by atoms with Gasteiger partial charge in [0, 0.05) is 19.5 Å². The van der Waals surface area contributed by atoms with Crippen LogP contribution < -0.4 is 26.1 Å². The third-order valence-electron chi connectivity index (χ3n) is 5.24. The number of fused-ring (bicyclic) bond motifs is 1. The molecule has 10 heteroatoms. The molecule has 154 valence electrons. The quantitative estimate of drug-likeness (QED) is 0.581. The Morgan fingerprint density at radius 3 is 2.79 bits per heavy atom. The number of halogens is 1. The van der Waals surface area contributed by atoms with E-state index in [4.69, 9.17) is 16.3 Å². The summed E-state index contributed by atoms with van der Waals surface area (Å²) in [6.07, 6.45) is 0.288. The number of para-hydroxylation sites is 1. The van der Waals surface area contributed by atoms with E-state index in [2.05, 4.69) is 31.6 Å². The van der Waals surface area contributed by atoms with Crippen LogP contribution in [0.25, 0.3) is 0 Å². The summed E-state index contributed by atoms with van der Waals surface area (Å²) >= 11 is 6.27. The van der Waals surface area contributed by atoms with Gasteiger partial charge in [-0.25, -0.2) is 5.43 Å². The number of ether oxygens (including phenoxy) is 1. The first-order chi connectivity index (χ1) is 14.0. The van der Waals surface area contributed by atoms with Gasteiger partial charge in [0.05, 0.1) is 41.8 Å².